The Labute approximate surface area is 115 Å². The Bertz CT molecular complexity index is 338. The summed E-state index contributed by atoms with van der Waals surface area (Å²) in [5.41, 5.74) is 0. The van der Waals surface area contributed by atoms with Gasteiger partial charge in [0.1, 0.15) is 18.1 Å². The van der Waals surface area contributed by atoms with E-state index < -0.39 is 0 Å². The number of aliphatic hydroxyl groups is 1. The van der Waals surface area contributed by atoms with Crippen molar-refractivity contribution in [2.45, 2.75) is 26.4 Å². The van der Waals surface area contributed by atoms with Crippen LogP contribution < -0.4 is 9.47 Å². The first-order chi connectivity index (χ1) is 9.11. The smallest absolute Gasteiger partial charge is 0.119 e. The molecule has 0 aliphatic carbocycles. The molecule has 4 nitrogen and oxygen atoms in total. The average molecular weight is 267 g/mol. The van der Waals surface area contributed by atoms with Gasteiger partial charge in [-0.05, 0) is 44.7 Å². The fourth-order valence-electron chi connectivity index (χ4n) is 1.71. The molecular formula is C15H25NO3. The zero-order valence-corrected chi connectivity index (χ0v) is 12.1. The summed E-state index contributed by atoms with van der Waals surface area (Å²) >= 11 is 0. The van der Waals surface area contributed by atoms with Crippen LogP contribution in [0.1, 0.15) is 20.3 Å². The molecule has 1 N–H and O–H groups in total. The fraction of sp³-hybridized carbons (Fsp3) is 0.600. The van der Waals surface area contributed by atoms with E-state index in [2.05, 4.69) is 6.92 Å². The predicted molar refractivity (Wildman–Crippen MR) is 76.9 cm³/mol. The van der Waals surface area contributed by atoms with Crippen LogP contribution in [0.3, 0.4) is 0 Å². The van der Waals surface area contributed by atoms with Crippen molar-refractivity contribution >= 4 is 0 Å². The summed E-state index contributed by atoms with van der Waals surface area (Å²) in [5, 5.41) is 9.24. The molecule has 0 aliphatic heterocycles. The van der Waals surface area contributed by atoms with Crippen LogP contribution in [-0.4, -0.2) is 49.5 Å². The maximum atomic E-state index is 9.24. The van der Waals surface area contributed by atoms with Crippen LogP contribution >= 0.6 is 0 Å². The molecule has 0 heterocycles. The first-order valence-corrected chi connectivity index (χ1v) is 6.84. The first kappa shape index (κ1) is 15.8. The highest BCUT2D eigenvalue weighted by atomic mass is 16.5. The highest BCUT2D eigenvalue weighted by Crippen LogP contribution is 2.17. The minimum atomic E-state index is -0.306. The van der Waals surface area contributed by atoms with Gasteiger partial charge in [0, 0.05) is 13.1 Å². The Hall–Kier alpha value is -1.26. The van der Waals surface area contributed by atoms with E-state index in [1.54, 1.807) is 6.92 Å². The molecule has 0 saturated carbocycles. The molecule has 0 radical (unpaired) electrons. The van der Waals surface area contributed by atoms with Crippen LogP contribution in [0.4, 0.5) is 0 Å². The molecule has 19 heavy (non-hydrogen) atoms. The number of aliphatic hydroxyl groups excluding tert-OH is 1. The summed E-state index contributed by atoms with van der Waals surface area (Å²) in [6, 6.07) is 7.67. The van der Waals surface area contributed by atoms with Crippen molar-refractivity contribution in [3.05, 3.63) is 24.3 Å². The van der Waals surface area contributed by atoms with Gasteiger partial charge in [-0.1, -0.05) is 6.92 Å². The van der Waals surface area contributed by atoms with E-state index in [1.165, 1.54) is 0 Å². The molecule has 0 amide bonds. The zero-order chi connectivity index (χ0) is 14.1. The van der Waals surface area contributed by atoms with Crippen LogP contribution in [0, 0.1) is 0 Å². The highest BCUT2D eigenvalue weighted by Gasteiger charge is 2.03. The second-order valence-corrected chi connectivity index (χ2v) is 4.78. The van der Waals surface area contributed by atoms with Crippen molar-refractivity contribution in [1.29, 1.82) is 0 Å². The molecule has 1 atom stereocenters. The molecule has 108 valence electrons. The number of benzene rings is 1. The third kappa shape index (κ3) is 7.03. The van der Waals surface area contributed by atoms with Crippen molar-refractivity contribution < 1.29 is 14.6 Å². The maximum absolute atomic E-state index is 9.24. The quantitative estimate of drug-likeness (QED) is 0.744. The van der Waals surface area contributed by atoms with Crippen LogP contribution in [0.15, 0.2) is 24.3 Å². The van der Waals surface area contributed by atoms with Gasteiger partial charge in [0.2, 0.25) is 0 Å². The summed E-state index contributed by atoms with van der Waals surface area (Å²) < 4.78 is 11.1. The molecule has 0 aromatic heterocycles. The Balaban J connectivity index is 2.26. The van der Waals surface area contributed by atoms with Crippen molar-refractivity contribution in [3.8, 4) is 11.5 Å². The average Bonchev–Trinajstić information content (AvgIpc) is 2.37. The van der Waals surface area contributed by atoms with E-state index >= 15 is 0 Å². The van der Waals surface area contributed by atoms with E-state index in [9.17, 15) is 5.11 Å². The molecule has 0 aliphatic rings. The molecule has 1 rings (SSSR count). The van der Waals surface area contributed by atoms with Gasteiger partial charge in [-0.25, -0.2) is 0 Å². The van der Waals surface area contributed by atoms with E-state index in [-0.39, 0.29) is 6.10 Å². The lowest BCUT2D eigenvalue weighted by Gasteiger charge is -2.18. The van der Waals surface area contributed by atoms with Crippen LogP contribution in [-0.2, 0) is 0 Å². The summed E-state index contributed by atoms with van der Waals surface area (Å²) in [5.74, 6) is 1.72. The lowest BCUT2D eigenvalue weighted by molar-refractivity contribution is 0.131. The van der Waals surface area contributed by atoms with Crippen molar-refractivity contribution in [3.63, 3.8) is 0 Å². The predicted octanol–water partition coefficient (Wildman–Crippen LogP) is 2.17. The van der Waals surface area contributed by atoms with Crippen molar-refractivity contribution in [2.75, 3.05) is 33.4 Å². The van der Waals surface area contributed by atoms with E-state index in [0.29, 0.717) is 13.2 Å². The molecule has 0 saturated heterocycles. The molecule has 0 bridgehead atoms. The minimum absolute atomic E-state index is 0.306. The second kappa shape index (κ2) is 8.77. The number of hydrogen-bond donors (Lipinski definition) is 1. The van der Waals surface area contributed by atoms with Crippen LogP contribution in [0.5, 0.6) is 11.5 Å². The summed E-state index contributed by atoms with van der Waals surface area (Å²) in [7, 11) is 1.97. The van der Waals surface area contributed by atoms with Gasteiger partial charge in [-0.15, -0.1) is 0 Å². The molecule has 1 aromatic rings. The number of rotatable bonds is 9. The van der Waals surface area contributed by atoms with Gasteiger partial charge in [0.05, 0.1) is 12.7 Å². The van der Waals surface area contributed by atoms with E-state index in [1.807, 2.05) is 36.2 Å². The van der Waals surface area contributed by atoms with E-state index in [0.717, 1.165) is 31.1 Å². The molecule has 1 aromatic carbocycles. The van der Waals surface area contributed by atoms with Gasteiger partial charge in [-0.3, -0.25) is 0 Å². The van der Waals surface area contributed by atoms with Crippen LogP contribution in [0.25, 0.3) is 0 Å². The summed E-state index contributed by atoms with van der Waals surface area (Å²) in [6.45, 7) is 6.67. The summed E-state index contributed by atoms with van der Waals surface area (Å²) in [6.07, 6.45) is 0.702. The normalized spacial score (nSPS) is 12.5. The van der Waals surface area contributed by atoms with Crippen molar-refractivity contribution in [2.24, 2.45) is 0 Å². The minimum Gasteiger partial charge on any atom is -0.494 e. The third-order valence-corrected chi connectivity index (χ3v) is 2.61. The monoisotopic (exact) mass is 267 g/mol. The lowest BCUT2D eigenvalue weighted by atomic mass is 10.3. The van der Waals surface area contributed by atoms with E-state index in [4.69, 9.17) is 9.47 Å². The topological polar surface area (TPSA) is 41.9 Å². The molecular weight excluding hydrogens is 242 g/mol. The number of likely N-dealkylation sites (N-methyl/N-ethyl adjacent to an activating group) is 1. The van der Waals surface area contributed by atoms with Gasteiger partial charge < -0.3 is 19.5 Å². The Morgan fingerprint density at radius 1 is 1.11 bits per heavy atom. The largest absolute Gasteiger partial charge is 0.494 e. The third-order valence-electron chi connectivity index (χ3n) is 2.61. The first-order valence-electron chi connectivity index (χ1n) is 6.84. The van der Waals surface area contributed by atoms with Gasteiger partial charge in [-0.2, -0.15) is 0 Å². The number of hydrogen-bond acceptors (Lipinski definition) is 4. The van der Waals surface area contributed by atoms with Gasteiger partial charge >= 0.3 is 0 Å². The standard InChI is InChI=1S/C15H25NO3/c1-4-10-18-14-5-7-15(8-6-14)19-11-9-16(3)12-13(2)17/h5-8,13,17H,4,9-12H2,1-3H3. The SMILES string of the molecule is CCCOc1ccc(OCCN(C)CC(C)O)cc1. The Morgan fingerprint density at radius 2 is 1.63 bits per heavy atom. The lowest BCUT2D eigenvalue weighted by Crippen LogP contribution is -2.30. The highest BCUT2D eigenvalue weighted by molar-refractivity contribution is 5.31. The molecule has 0 fully saturated rings. The van der Waals surface area contributed by atoms with Gasteiger partial charge in [0.25, 0.3) is 0 Å². The second-order valence-electron chi connectivity index (χ2n) is 4.78. The maximum Gasteiger partial charge on any atom is 0.119 e. The number of nitrogens with zero attached hydrogens (tertiary/aromatic N) is 1. The van der Waals surface area contributed by atoms with Gasteiger partial charge in [0.15, 0.2) is 0 Å². The Morgan fingerprint density at radius 3 is 2.11 bits per heavy atom. The van der Waals surface area contributed by atoms with Crippen LogP contribution in [0.2, 0.25) is 0 Å². The molecule has 0 spiro atoms. The number of ether oxygens (including phenoxy) is 2. The molecule has 4 heteroatoms. The zero-order valence-electron chi connectivity index (χ0n) is 12.1. The molecule has 1 unspecified atom stereocenters. The Kier molecular flexibility index (Phi) is 7.30. The van der Waals surface area contributed by atoms with Crippen molar-refractivity contribution in [1.82, 2.24) is 4.90 Å². The fourth-order valence-corrected chi connectivity index (χ4v) is 1.71. The summed E-state index contributed by atoms with van der Waals surface area (Å²) in [4.78, 5) is 2.05.